The van der Waals surface area contributed by atoms with Crippen LogP contribution >= 0.6 is 0 Å². The zero-order chi connectivity index (χ0) is 15.3. The van der Waals surface area contributed by atoms with Gasteiger partial charge in [-0.2, -0.15) is 0 Å². The van der Waals surface area contributed by atoms with E-state index < -0.39 is 0 Å². The van der Waals surface area contributed by atoms with Gasteiger partial charge in [-0.3, -0.25) is 0 Å². The van der Waals surface area contributed by atoms with Crippen molar-refractivity contribution in [2.75, 3.05) is 20.2 Å². The standard InChI is InChI=1S/C18H30N2O/c1-4-14(5-2)12-20-18(13-19)9-8-15-6-7-17(21-3)10-16(15)11-18/h6-7,10,14,20H,4-5,8-9,11-13,19H2,1-3H3. The molecule has 2 rings (SSSR count). The minimum Gasteiger partial charge on any atom is -0.497 e. The van der Waals surface area contributed by atoms with E-state index in [1.807, 2.05) is 0 Å². The van der Waals surface area contributed by atoms with Crippen molar-refractivity contribution in [3.63, 3.8) is 0 Å². The number of rotatable bonds is 7. The zero-order valence-electron chi connectivity index (χ0n) is 13.7. The molecule has 1 unspecified atom stereocenters. The van der Waals surface area contributed by atoms with Crippen molar-refractivity contribution in [2.24, 2.45) is 11.7 Å². The second-order valence-corrected chi connectivity index (χ2v) is 6.36. The molecule has 21 heavy (non-hydrogen) atoms. The molecule has 0 bridgehead atoms. The van der Waals surface area contributed by atoms with Gasteiger partial charge in [0.05, 0.1) is 7.11 Å². The Labute approximate surface area is 129 Å². The third kappa shape index (κ3) is 3.78. The molecule has 0 fully saturated rings. The number of nitrogens with one attached hydrogen (secondary N) is 1. The monoisotopic (exact) mass is 290 g/mol. The summed E-state index contributed by atoms with van der Waals surface area (Å²) in [4.78, 5) is 0. The second kappa shape index (κ2) is 7.28. The summed E-state index contributed by atoms with van der Waals surface area (Å²) < 4.78 is 5.36. The van der Waals surface area contributed by atoms with E-state index in [1.54, 1.807) is 7.11 Å². The first-order chi connectivity index (χ1) is 10.2. The number of aryl methyl sites for hydroxylation is 1. The van der Waals surface area contributed by atoms with Gasteiger partial charge in [-0.1, -0.05) is 32.8 Å². The lowest BCUT2D eigenvalue weighted by atomic mass is 9.77. The van der Waals surface area contributed by atoms with E-state index in [0.717, 1.165) is 37.5 Å². The Kier molecular flexibility index (Phi) is 5.65. The van der Waals surface area contributed by atoms with Gasteiger partial charge in [0, 0.05) is 12.1 Å². The van der Waals surface area contributed by atoms with E-state index in [9.17, 15) is 0 Å². The third-order valence-corrected chi connectivity index (χ3v) is 5.13. The molecule has 1 aromatic carbocycles. The minimum absolute atomic E-state index is 0.0575. The molecule has 1 aromatic rings. The highest BCUT2D eigenvalue weighted by Crippen LogP contribution is 2.31. The van der Waals surface area contributed by atoms with Crippen LogP contribution in [0, 0.1) is 5.92 Å². The lowest BCUT2D eigenvalue weighted by molar-refractivity contribution is 0.268. The van der Waals surface area contributed by atoms with Crippen molar-refractivity contribution >= 4 is 0 Å². The smallest absolute Gasteiger partial charge is 0.119 e. The number of hydrogen-bond donors (Lipinski definition) is 2. The fraction of sp³-hybridized carbons (Fsp3) is 0.667. The molecule has 3 nitrogen and oxygen atoms in total. The molecule has 1 aliphatic carbocycles. The van der Waals surface area contributed by atoms with E-state index in [4.69, 9.17) is 10.5 Å². The number of hydrogen-bond acceptors (Lipinski definition) is 3. The summed E-state index contributed by atoms with van der Waals surface area (Å²) in [6.45, 7) is 6.31. The van der Waals surface area contributed by atoms with Crippen molar-refractivity contribution in [3.8, 4) is 5.75 Å². The first-order valence-corrected chi connectivity index (χ1v) is 8.27. The van der Waals surface area contributed by atoms with Crippen LogP contribution in [-0.4, -0.2) is 25.7 Å². The van der Waals surface area contributed by atoms with Gasteiger partial charge in [0.15, 0.2) is 0 Å². The summed E-state index contributed by atoms with van der Waals surface area (Å²) in [6, 6.07) is 6.44. The first-order valence-electron chi connectivity index (χ1n) is 8.27. The maximum absolute atomic E-state index is 6.14. The van der Waals surface area contributed by atoms with Gasteiger partial charge in [0.2, 0.25) is 0 Å². The molecule has 0 radical (unpaired) electrons. The van der Waals surface area contributed by atoms with Gasteiger partial charge >= 0.3 is 0 Å². The van der Waals surface area contributed by atoms with Gasteiger partial charge in [0.1, 0.15) is 5.75 Å². The van der Waals surface area contributed by atoms with Crippen LogP contribution in [-0.2, 0) is 12.8 Å². The van der Waals surface area contributed by atoms with E-state index >= 15 is 0 Å². The van der Waals surface area contributed by atoms with Gasteiger partial charge in [-0.25, -0.2) is 0 Å². The topological polar surface area (TPSA) is 47.3 Å². The normalized spacial score (nSPS) is 21.4. The quantitative estimate of drug-likeness (QED) is 0.811. The molecule has 0 saturated heterocycles. The summed E-state index contributed by atoms with van der Waals surface area (Å²) in [5.41, 5.74) is 9.04. The van der Waals surface area contributed by atoms with Gasteiger partial charge in [-0.15, -0.1) is 0 Å². The van der Waals surface area contributed by atoms with Crippen molar-refractivity contribution in [3.05, 3.63) is 29.3 Å². The Balaban J connectivity index is 2.11. The number of nitrogens with two attached hydrogens (primary N) is 1. The average Bonchev–Trinajstić information content (AvgIpc) is 2.55. The van der Waals surface area contributed by atoms with Gasteiger partial charge in [0.25, 0.3) is 0 Å². The fourth-order valence-electron chi connectivity index (χ4n) is 3.30. The second-order valence-electron chi connectivity index (χ2n) is 6.36. The van der Waals surface area contributed by atoms with Crippen LogP contribution in [0.4, 0.5) is 0 Å². The van der Waals surface area contributed by atoms with Crippen LogP contribution in [0.5, 0.6) is 5.75 Å². The Morgan fingerprint density at radius 1 is 1.29 bits per heavy atom. The Morgan fingerprint density at radius 2 is 2.05 bits per heavy atom. The summed E-state index contributed by atoms with van der Waals surface area (Å²) in [6.07, 6.45) is 5.70. The molecule has 3 N–H and O–H groups in total. The van der Waals surface area contributed by atoms with E-state index in [2.05, 4.69) is 37.4 Å². The predicted molar refractivity (Wildman–Crippen MR) is 88.9 cm³/mol. The molecule has 0 saturated carbocycles. The fourth-order valence-corrected chi connectivity index (χ4v) is 3.30. The Hall–Kier alpha value is -1.06. The highest BCUT2D eigenvalue weighted by Gasteiger charge is 2.33. The first kappa shape index (κ1) is 16.3. The summed E-state index contributed by atoms with van der Waals surface area (Å²) in [7, 11) is 1.73. The maximum atomic E-state index is 6.14. The molecule has 1 atom stereocenters. The van der Waals surface area contributed by atoms with Crippen molar-refractivity contribution in [2.45, 2.75) is 51.5 Å². The maximum Gasteiger partial charge on any atom is 0.119 e. The van der Waals surface area contributed by atoms with Crippen LogP contribution in [0.2, 0.25) is 0 Å². The van der Waals surface area contributed by atoms with Crippen molar-refractivity contribution in [1.29, 1.82) is 0 Å². The molecular formula is C18H30N2O. The highest BCUT2D eigenvalue weighted by atomic mass is 16.5. The van der Waals surface area contributed by atoms with Crippen LogP contribution in [0.25, 0.3) is 0 Å². The average molecular weight is 290 g/mol. The largest absolute Gasteiger partial charge is 0.497 e. The number of benzene rings is 1. The number of methoxy groups -OCH3 is 1. The molecule has 0 aromatic heterocycles. The number of fused-ring (bicyclic) bond motifs is 1. The number of ether oxygens (including phenoxy) is 1. The zero-order valence-corrected chi connectivity index (χ0v) is 13.7. The van der Waals surface area contributed by atoms with E-state index in [1.165, 1.54) is 24.0 Å². The third-order valence-electron chi connectivity index (χ3n) is 5.13. The molecule has 1 aliphatic rings. The molecule has 118 valence electrons. The van der Waals surface area contributed by atoms with Crippen LogP contribution in [0.1, 0.15) is 44.2 Å². The predicted octanol–water partition coefficient (Wildman–Crippen LogP) is 2.91. The highest BCUT2D eigenvalue weighted by molar-refractivity contribution is 5.39. The van der Waals surface area contributed by atoms with Crippen LogP contribution < -0.4 is 15.8 Å². The van der Waals surface area contributed by atoms with Crippen LogP contribution in [0.3, 0.4) is 0 Å². The van der Waals surface area contributed by atoms with E-state index in [-0.39, 0.29) is 5.54 Å². The van der Waals surface area contributed by atoms with Gasteiger partial charge in [-0.05, 0) is 55.0 Å². The van der Waals surface area contributed by atoms with Crippen LogP contribution in [0.15, 0.2) is 18.2 Å². The molecule has 0 heterocycles. The Morgan fingerprint density at radius 3 is 2.67 bits per heavy atom. The van der Waals surface area contributed by atoms with E-state index in [0.29, 0.717) is 6.54 Å². The molecule has 0 spiro atoms. The summed E-state index contributed by atoms with van der Waals surface area (Å²) >= 11 is 0. The molecule has 3 heteroatoms. The minimum atomic E-state index is 0.0575. The lowest BCUT2D eigenvalue weighted by Crippen LogP contribution is -2.56. The van der Waals surface area contributed by atoms with Gasteiger partial charge < -0.3 is 15.8 Å². The van der Waals surface area contributed by atoms with Crippen molar-refractivity contribution < 1.29 is 4.74 Å². The molecule has 0 aliphatic heterocycles. The molecule has 0 amide bonds. The Bertz CT molecular complexity index is 457. The summed E-state index contributed by atoms with van der Waals surface area (Å²) in [5.74, 6) is 1.70. The molecular weight excluding hydrogens is 260 g/mol. The SMILES string of the molecule is CCC(CC)CNC1(CN)CCc2ccc(OC)cc2C1. The van der Waals surface area contributed by atoms with Crippen molar-refractivity contribution in [1.82, 2.24) is 5.32 Å². The lowest BCUT2D eigenvalue weighted by Gasteiger charge is -2.39. The summed E-state index contributed by atoms with van der Waals surface area (Å²) in [5, 5.41) is 3.80.